The van der Waals surface area contributed by atoms with Gasteiger partial charge in [0, 0.05) is 5.57 Å². The highest BCUT2D eigenvalue weighted by Crippen LogP contribution is 2.36. The SMILES string of the molecule is CC1(C)NNC(S(=O)(=O)c2ccccc2)=C1c1ccccc1. The van der Waals surface area contributed by atoms with Crippen LogP contribution in [-0.2, 0) is 9.84 Å². The Balaban J connectivity index is 2.23. The van der Waals surface area contributed by atoms with Gasteiger partial charge in [0.15, 0.2) is 5.03 Å². The number of hydrogen-bond donors (Lipinski definition) is 2. The van der Waals surface area contributed by atoms with E-state index in [-0.39, 0.29) is 9.92 Å². The van der Waals surface area contributed by atoms with E-state index in [1.54, 1.807) is 30.3 Å². The Morgan fingerprint density at radius 1 is 0.864 bits per heavy atom. The molecule has 1 aliphatic rings. The minimum atomic E-state index is -3.60. The van der Waals surface area contributed by atoms with E-state index in [0.29, 0.717) is 0 Å². The van der Waals surface area contributed by atoms with Gasteiger partial charge in [-0.15, -0.1) is 0 Å². The predicted octanol–water partition coefficient (Wildman–Crippen LogP) is 2.72. The van der Waals surface area contributed by atoms with Crippen LogP contribution in [0.15, 0.2) is 70.6 Å². The van der Waals surface area contributed by atoms with Gasteiger partial charge in [-0.1, -0.05) is 48.5 Å². The summed E-state index contributed by atoms with van der Waals surface area (Å²) in [7, 11) is -3.60. The van der Waals surface area contributed by atoms with Crippen LogP contribution in [-0.4, -0.2) is 14.0 Å². The number of rotatable bonds is 3. The number of sulfone groups is 1. The lowest BCUT2D eigenvalue weighted by Crippen LogP contribution is -2.41. The molecule has 0 bridgehead atoms. The third-order valence-electron chi connectivity index (χ3n) is 3.73. The fourth-order valence-electron chi connectivity index (χ4n) is 2.64. The van der Waals surface area contributed by atoms with E-state index in [1.807, 2.05) is 44.2 Å². The topological polar surface area (TPSA) is 58.2 Å². The molecule has 0 atom stereocenters. The molecule has 1 heterocycles. The normalized spacial score (nSPS) is 17.4. The molecule has 114 valence electrons. The van der Waals surface area contributed by atoms with Gasteiger partial charge in [0.2, 0.25) is 9.84 Å². The minimum absolute atomic E-state index is 0.218. The average Bonchev–Trinajstić information content (AvgIpc) is 2.85. The molecular weight excluding hydrogens is 296 g/mol. The molecule has 2 aromatic carbocycles. The molecule has 2 aromatic rings. The molecule has 0 aromatic heterocycles. The van der Waals surface area contributed by atoms with Crippen molar-refractivity contribution in [3.63, 3.8) is 0 Å². The first-order valence-electron chi connectivity index (χ1n) is 7.06. The summed E-state index contributed by atoms with van der Waals surface area (Å²) in [5.74, 6) is 0. The third kappa shape index (κ3) is 2.42. The Morgan fingerprint density at radius 2 is 1.41 bits per heavy atom. The molecule has 0 amide bonds. The monoisotopic (exact) mass is 314 g/mol. The lowest BCUT2D eigenvalue weighted by molar-refractivity contribution is 0.480. The molecule has 0 radical (unpaired) electrons. The van der Waals surface area contributed by atoms with Crippen molar-refractivity contribution in [2.45, 2.75) is 24.3 Å². The second kappa shape index (κ2) is 5.26. The molecule has 1 aliphatic heterocycles. The van der Waals surface area contributed by atoms with Gasteiger partial charge in [-0.3, -0.25) is 0 Å². The lowest BCUT2D eigenvalue weighted by Gasteiger charge is -2.21. The summed E-state index contributed by atoms with van der Waals surface area (Å²) in [6.45, 7) is 3.91. The maximum Gasteiger partial charge on any atom is 0.223 e. The summed E-state index contributed by atoms with van der Waals surface area (Å²) in [5, 5.41) is 0.218. The molecule has 4 nitrogen and oxygen atoms in total. The van der Waals surface area contributed by atoms with E-state index in [9.17, 15) is 8.42 Å². The molecule has 3 rings (SSSR count). The largest absolute Gasteiger partial charge is 0.310 e. The van der Waals surface area contributed by atoms with Gasteiger partial charge >= 0.3 is 0 Å². The van der Waals surface area contributed by atoms with Gasteiger partial charge < -0.3 is 5.43 Å². The summed E-state index contributed by atoms with van der Waals surface area (Å²) >= 11 is 0. The quantitative estimate of drug-likeness (QED) is 0.914. The van der Waals surface area contributed by atoms with Gasteiger partial charge in [0.1, 0.15) is 0 Å². The fraction of sp³-hybridized carbons (Fsp3) is 0.176. The second-order valence-corrected chi connectivity index (χ2v) is 7.65. The van der Waals surface area contributed by atoms with Gasteiger partial charge in [0.25, 0.3) is 0 Å². The van der Waals surface area contributed by atoms with Crippen molar-refractivity contribution in [3.05, 3.63) is 71.3 Å². The van der Waals surface area contributed by atoms with Crippen LogP contribution in [0.25, 0.3) is 5.57 Å². The summed E-state index contributed by atoms with van der Waals surface area (Å²) in [6, 6.07) is 18.0. The molecule has 5 heteroatoms. The predicted molar refractivity (Wildman–Crippen MR) is 87.3 cm³/mol. The highest BCUT2D eigenvalue weighted by Gasteiger charge is 2.39. The van der Waals surface area contributed by atoms with Crippen LogP contribution >= 0.6 is 0 Å². The van der Waals surface area contributed by atoms with E-state index in [1.165, 1.54) is 0 Å². The molecule has 0 saturated carbocycles. The Hall–Kier alpha value is -2.11. The number of nitrogens with one attached hydrogen (secondary N) is 2. The first-order valence-corrected chi connectivity index (χ1v) is 8.55. The summed E-state index contributed by atoms with van der Waals surface area (Å²) in [6.07, 6.45) is 0. The van der Waals surface area contributed by atoms with Crippen molar-refractivity contribution in [1.29, 1.82) is 0 Å². The van der Waals surface area contributed by atoms with E-state index in [0.717, 1.165) is 11.1 Å². The zero-order valence-corrected chi connectivity index (χ0v) is 13.3. The van der Waals surface area contributed by atoms with E-state index < -0.39 is 15.4 Å². The van der Waals surface area contributed by atoms with Gasteiger partial charge in [-0.25, -0.2) is 13.8 Å². The summed E-state index contributed by atoms with van der Waals surface area (Å²) in [5.41, 5.74) is 7.09. The minimum Gasteiger partial charge on any atom is -0.310 e. The molecular formula is C17H18N2O2S. The van der Waals surface area contributed by atoms with Gasteiger partial charge in [-0.2, -0.15) is 0 Å². The van der Waals surface area contributed by atoms with Crippen LogP contribution < -0.4 is 10.9 Å². The van der Waals surface area contributed by atoms with E-state index >= 15 is 0 Å². The standard InChI is InChI=1S/C17H18N2O2S/c1-17(2)15(13-9-5-3-6-10-13)16(18-19-17)22(20,21)14-11-7-4-8-12-14/h3-12,18-19H,1-2H3. The van der Waals surface area contributed by atoms with E-state index in [4.69, 9.17) is 0 Å². The van der Waals surface area contributed by atoms with Crippen molar-refractivity contribution in [2.24, 2.45) is 0 Å². The number of hydrazine groups is 1. The van der Waals surface area contributed by atoms with Crippen LogP contribution in [0, 0.1) is 0 Å². The number of benzene rings is 2. The van der Waals surface area contributed by atoms with Crippen LogP contribution in [0.5, 0.6) is 0 Å². The summed E-state index contributed by atoms with van der Waals surface area (Å²) in [4.78, 5) is 0.283. The van der Waals surface area contributed by atoms with Crippen LogP contribution in [0.2, 0.25) is 0 Å². The zero-order chi connectivity index (χ0) is 15.8. The Labute approximate surface area is 130 Å². The molecule has 2 N–H and O–H groups in total. The second-order valence-electron chi connectivity index (χ2n) is 5.76. The zero-order valence-electron chi connectivity index (χ0n) is 12.5. The van der Waals surface area contributed by atoms with Crippen molar-refractivity contribution >= 4 is 15.4 Å². The van der Waals surface area contributed by atoms with Crippen molar-refractivity contribution in [3.8, 4) is 0 Å². The van der Waals surface area contributed by atoms with Gasteiger partial charge in [0.05, 0.1) is 10.4 Å². The molecule has 0 saturated heterocycles. The Kier molecular flexibility index (Phi) is 3.54. The molecule has 0 aliphatic carbocycles. The van der Waals surface area contributed by atoms with E-state index in [2.05, 4.69) is 10.9 Å². The van der Waals surface area contributed by atoms with Crippen LogP contribution in [0.3, 0.4) is 0 Å². The Morgan fingerprint density at radius 3 is 2.00 bits per heavy atom. The van der Waals surface area contributed by atoms with Crippen molar-refractivity contribution in [2.75, 3.05) is 0 Å². The molecule has 22 heavy (non-hydrogen) atoms. The lowest BCUT2D eigenvalue weighted by atomic mass is 9.91. The highest BCUT2D eigenvalue weighted by molar-refractivity contribution is 7.95. The Bertz CT molecular complexity index is 810. The molecule has 0 unspecified atom stereocenters. The maximum absolute atomic E-state index is 12.9. The highest BCUT2D eigenvalue weighted by atomic mass is 32.2. The fourth-order valence-corrected chi connectivity index (χ4v) is 4.22. The van der Waals surface area contributed by atoms with Crippen molar-refractivity contribution < 1.29 is 8.42 Å². The van der Waals surface area contributed by atoms with Crippen molar-refractivity contribution in [1.82, 2.24) is 10.9 Å². The molecule has 0 fully saturated rings. The third-order valence-corrected chi connectivity index (χ3v) is 5.46. The first kappa shape index (κ1) is 14.8. The number of hydrogen-bond acceptors (Lipinski definition) is 4. The maximum atomic E-state index is 12.9. The molecule has 0 spiro atoms. The average molecular weight is 314 g/mol. The van der Waals surface area contributed by atoms with Crippen LogP contribution in [0.4, 0.5) is 0 Å². The first-order chi connectivity index (χ1) is 10.4. The van der Waals surface area contributed by atoms with Gasteiger partial charge in [-0.05, 0) is 31.5 Å². The van der Waals surface area contributed by atoms with Crippen LogP contribution in [0.1, 0.15) is 19.4 Å². The summed E-state index contributed by atoms with van der Waals surface area (Å²) < 4.78 is 25.9. The smallest absolute Gasteiger partial charge is 0.223 e.